The van der Waals surface area contributed by atoms with Crippen molar-refractivity contribution < 1.29 is 24.6 Å². The van der Waals surface area contributed by atoms with Gasteiger partial charge in [-0.2, -0.15) is 0 Å². The Balaban J connectivity index is 2.15. The number of carboxylic acids is 2. The maximum absolute atomic E-state index is 12.5. The normalized spacial score (nSPS) is 25.8. The van der Waals surface area contributed by atoms with Crippen molar-refractivity contribution in [3.63, 3.8) is 0 Å². The second kappa shape index (κ2) is 5.68. The van der Waals surface area contributed by atoms with E-state index in [1.54, 1.807) is 6.92 Å². The molecule has 1 aliphatic rings. The van der Waals surface area contributed by atoms with Crippen molar-refractivity contribution in [2.45, 2.75) is 33.6 Å². The fraction of sp³-hybridized carbons (Fsp3) is 0.471. The van der Waals surface area contributed by atoms with E-state index in [4.69, 9.17) is 5.11 Å². The monoisotopic (exact) mass is 319 g/mol. The van der Waals surface area contributed by atoms with Gasteiger partial charge in [-0.25, -0.2) is 4.79 Å². The first-order valence-corrected chi connectivity index (χ1v) is 7.47. The molecule has 0 radical (unpaired) electrons. The Morgan fingerprint density at radius 2 is 1.65 bits per heavy atom. The summed E-state index contributed by atoms with van der Waals surface area (Å²) in [7, 11) is 0. The van der Waals surface area contributed by atoms with Gasteiger partial charge in [0.1, 0.15) is 0 Å². The Hall–Kier alpha value is -2.37. The van der Waals surface area contributed by atoms with Crippen molar-refractivity contribution in [1.82, 2.24) is 0 Å². The van der Waals surface area contributed by atoms with E-state index in [9.17, 15) is 19.5 Å². The van der Waals surface area contributed by atoms with Crippen LogP contribution in [0.1, 0.15) is 44.0 Å². The van der Waals surface area contributed by atoms with Crippen LogP contribution in [0, 0.1) is 16.7 Å². The molecule has 23 heavy (non-hydrogen) atoms. The molecule has 0 spiro atoms. The Labute approximate surface area is 134 Å². The number of anilines is 1. The van der Waals surface area contributed by atoms with E-state index in [0.717, 1.165) is 0 Å². The molecule has 0 aliphatic heterocycles. The summed E-state index contributed by atoms with van der Waals surface area (Å²) in [6.45, 7) is 5.31. The lowest BCUT2D eigenvalue weighted by Gasteiger charge is -2.37. The summed E-state index contributed by atoms with van der Waals surface area (Å²) in [6.07, 6.45) is 0.959. The van der Waals surface area contributed by atoms with E-state index in [2.05, 4.69) is 5.32 Å². The Morgan fingerprint density at radius 1 is 1.09 bits per heavy atom. The lowest BCUT2D eigenvalue weighted by Crippen LogP contribution is -2.43. The van der Waals surface area contributed by atoms with Crippen LogP contribution in [0.25, 0.3) is 0 Å². The minimum atomic E-state index is -1.03. The third-order valence-electron chi connectivity index (χ3n) is 5.41. The SMILES string of the molecule is CC1(C)[C@@H](C(=O)Nc2ccc(C(=O)O)cc2)CC[C@]1(C)C(=O)O. The Kier molecular flexibility index (Phi) is 4.20. The molecular formula is C17H21NO5. The lowest BCUT2D eigenvalue weighted by molar-refractivity contribution is -0.154. The van der Waals surface area contributed by atoms with Crippen molar-refractivity contribution in [1.29, 1.82) is 0 Å². The maximum atomic E-state index is 12.5. The van der Waals surface area contributed by atoms with Crippen LogP contribution in [0.4, 0.5) is 5.69 Å². The summed E-state index contributed by atoms with van der Waals surface area (Å²) in [6, 6.07) is 5.89. The van der Waals surface area contributed by atoms with Crippen LogP contribution in [0.3, 0.4) is 0 Å². The number of nitrogens with one attached hydrogen (secondary N) is 1. The van der Waals surface area contributed by atoms with Gasteiger partial charge < -0.3 is 15.5 Å². The minimum Gasteiger partial charge on any atom is -0.481 e. The Morgan fingerprint density at radius 3 is 2.09 bits per heavy atom. The van der Waals surface area contributed by atoms with Crippen LogP contribution in [0.15, 0.2) is 24.3 Å². The van der Waals surface area contributed by atoms with Gasteiger partial charge in [-0.05, 0) is 49.4 Å². The first-order chi connectivity index (χ1) is 10.6. The highest BCUT2D eigenvalue weighted by Gasteiger charge is 2.58. The van der Waals surface area contributed by atoms with Gasteiger partial charge in [0, 0.05) is 11.6 Å². The number of aliphatic carboxylic acids is 1. The minimum absolute atomic E-state index is 0.141. The highest BCUT2D eigenvalue weighted by Crippen LogP contribution is 2.56. The number of carbonyl (C=O) groups excluding carboxylic acids is 1. The number of benzene rings is 1. The van der Waals surface area contributed by atoms with E-state index in [0.29, 0.717) is 18.5 Å². The third kappa shape index (κ3) is 2.81. The zero-order chi connectivity index (χ0) is 17.4. The summed E-state index contributed by atoms with van der Waals surface area (Å²) in [5.41, 5.74) is -0.978. The van der Waals surface area contributed by atoms with Crippen molar-refractivity contribution >= 4 is 23.5 Å². The largest absolute Gasteiger partial charge is 0.481 e. The highest BCUT2D eigenvalue weighted by molar-refractivity contribution is 5.95. The molecule has 2 atom stereocenters. The van der Waals surface area contributed by atoms with Crippen molar-refractivity contribution in [3.8, 4) is 0 Å². The standard InChI is InChI=1S/C17H21NO5/c1-16(2)12(8-9-17(16,3)15(22)23)13(19)18-11-6-4-10(5-7-11)14(20)21/h4-7,12H,8-9H2,1-3H3,(H,18,19)(H,20,21)(H,22,23)/t12-,17-/m1/s1. The molecule has 0 bridgehead atoms. The fourth-order valence-electron chi connectivity index (χ4n) is 3.27. The van der Waals surface area contributed by atoms with E-state index < -0.39 is 28.7 Å². The number of hydrogen-bond donors (Lipinski definition) is 3. The number of hydrogen-bond acceptors (Lipinski definition) is 3. The number of carboxylic acid groups (broad SMARTS) is 2. The second-order valence-electron chi connectivity index (χ2n) is 6.82. The van der Waals surface area contributed by atoms with Gasteiger partial charge in [-0.15, -0.1) is 0 Å². The molecule has 1 aromatic carbocycles. The molecule has 0 unspecified atom stereocenters. The van der Waals surface area contributed by atoms with Crippen LogP contribution in [-0.2, 0) is 9.59 Å². The highest BCUT2D eigenvalue weighted by atomic mass is 16.4. The maximum Gasteiger partial charge on any atom is 0.335 e. The van der Waals surface area contributed by atoms with E-state index in [1.165, 1.54) is 24.3 Å². The van der Waals surface area contributed by atoms with Crippen LogP contribution >= 0.6 is 0 Å². The molecular weight excluding hydrogens is 298 g/mol. The molecule has 6 nitrogen and oxygen atoms in total. The summed E-state index contributed by atoms with van der Waals surface area (Å²) in [5.74, 6) is -2.56. The molecule has 1 amide bonds. The van der Waals surface area contributed by atoms with Gasteiger partial charge in [0.25, 0.3) is 0 Å². The first kappa shape index (κ1) is 17.0. The quantitative estimate of drug-likeness (QED) is 0.791. The topological polar surface area (TPSA) is 104 Å². The van der Waals surface area contributed by atoms with Gasteiger partial charge >= 0.3 is 11.9 Å². The second-order valence-corrected chi connectivity index (χ2v) is 6.82. The van der Waals surface area contributed by atoms with Crippen LogP contribution in [0.5, 0.6) is 0 Å². The molecule has 6 heteroatoms. The summed E-state index contributed by atoms with van der Waals surface area (Å²) in [5, 5.41) is 21.1. The summed E-state index contributed by atoms with van der Waals surface area (Å²) >= 11 is 0. The van der Waals surface area contributed by atoms with E-state index in [-0.39, 0.29) is 11.5 Å². The fourth-order valence-corrected chi connectivity index (χ4v) is 3.27. The molecule has 3 N–H and O–H groups in total. The Bertz CT molecular complexity index is 649. The van der Waals surface area contributed by atoms with Crippen LogP contribution in [-0.4, -0.2) is 28.1 Å². The molecule has 0 aromatic heterocycles. The first-order valence-electron chi connectivity index (χ1n) is 7.47. The molecule has 0 saturated heterocycles. The number of aromatic carboxylic acids is 1. The zero-order valence-electron chi connectivity index (χ0n) is 13.4. The predicted octanol–water partition coefficient (Wildman–Crippen LogP) is 2.85. The van der Waals surface area contributed by atoms with E-state index in [1.807, 2.05) is 13.8 Å². The van der Waals surface area contributed by atoms with Crippen molar-refractivity contribution in [2.24, 2.45) is 16.7 Å². The number of rotatable bonds is 4. The summed E-state index contributed by atoms with van der Waals surface area (Å²) in [4.78, 5) is 34.9. The van der Waals surface area contributed by atoms with Gasteiger partial charge in [-0.3, -0.25) is 9.59 Å². The lowest BCUT2D eigenvalue weighted by atomic mass is 9.65. The van der Waals surface area contributed by atoms with Gasteiger partial charge in [-0.1, -0.05) is 13.8 Å². The van der Waals surface area contributed by atoms with Crippen LogP contribution < -0.4 is 5.32 Å². The number of carbonyl (C=O) groups is 3. The molecule has 1 aromatic rings. The number of amides is 1. The molecule has 0 heterocycles. The molecule has 1 aliphatic carbocycles. The smallest absolute Gasteiger partial charge is 0.335 e. The summed E-state index contributed by atoms with van der Waals surface area (Å²) < 4.78 is 0. The van der Waals surface area contributed by atoms with Crippen molar-refractivity contribution in [3.05, 3.63) is 29.8 Å². The average molecular weight is 319 g/mol. The van der Waals surface area contributed by atoms with Gasteiger partial charge in [0.15, 0.2) is 0 Å². The van der Waals surface area contributed by atoms with Crippen molar-refractivity contribution in [2.75, 3.05) is 5.32 Å². The van der Waals surface area contributed by atoms with Gasteiger partial charge in [0.2, 0.25) is 5.91 Å². The molecule has 2 rings (SSSR count). The predicted molar refractivity (Wildman–Crippen MR) is 84.3 cm³/mol. The van der Waals surface area contributed by atoms with E-state index >= 15 is 0 Å². The zero-order valence-corrected chi connectivity index (χ0v) is 13.4. The third-order valence-corrected chi connectivity index (χ3v) is 5.41. The molecule has 1 fully saturated rings. The van der Waals surface area contributed by atoms with Gasteiger partial charge in [0.05, 0.1) is 11.0 Å². The molecule has 1 saturated carbocycles. The van der Waals surface area contributed by atoms with Crippen LogP contribution in [0.2, 0.25) is 0 Å². The molecule has 124 valence electrons. The average Bonchev–Trinajstić information content (AvgIpc) is 2.71.